The highest BCUT2D eigenvalue weighted by molar-refractivity contribution is 7.90. The Labute approximate surface area is 166 Å². The Hall–Kier alpha value is -2.05. The molecule has 0 saturated heterocycles. The lowest BCUT2D eigenvalue weighted by Crippen LogP contribution is -2.38. The van der Waals surface area contributed by atoms with Crippen molar-refractivity contribution in [1.82, 2.24) is 10.6 Å². The monoisotopic (exact) mass is 407 g/mol. The van der Waals surface area contributed by atoms with Crippen LogP contribution in [-0.4, -0.2) is 33.7 Å². The highest BCUT2D eigenvalue weighted by Crippen LogP contribution is 2.17. The maximum Gasteiger partial charge on any atom is 0.191 e. The number of sulfone groups is 1. The smallest absolute Gasteiger partial charge is 0.191 e. The Balaban J connectivity index is 1.98. The molecule has 2 aromatic rings. The molecule has 0 fully saturated rings. The summed E-state index contributed by atoms with van der Waals surface area (Å²) in [6.07, 6.45) is 2.09. The van der Waals surface area contributed by atoms with E-state index < -0.39 is 9.84 Å². The number of hydrogen-bond acceptors (Lipinski definition) is 3. The van der Waals surface area contributed by atoms with Crippen LogP contribution in [0.1, 0.15) is 23.6 Å². The highest BCUT2D eigenvalue weighted by Gasteiger charge is 2.10. The molecule has 0 atom stereocenters. The molecule has 2 aromatic carbocycles. The number of nitrogens with one attached hydrogen (secondary N) is 2. The molecule has 0 aliphatic carbocycles. The minimum absolute atomic E-state index is 0.364. The van der Waals surface area contributed by atoms with Crippen LogP contribution in [-0.2, 0) is 22.8 Å². The zero-order chi connectivity index (χ0) is 19.9. The molecule has 2 rings (SSSR count). The van der Waals surface area contributed by atoms with Crippen molar-refractivity contribution < 1.29 is 8.42 Å². The van der Waals surface area contributed by atoms with E-state index in [2.05, 4.69) is 15.6 Å². The van der Waals surface area contributed by atoms with Crippen LogP contribution in [0.4, 0.5) is 0 Å². The number of rotatable bonds is 7. The number of halogens is 1. The van der Waals surface area contributed by atoms with Crippen molar-refractivity contribution in [3.05, 3.63) is 64.2 Å². The Morgan fingerprint density at radius 1 is 1.07 bits per heavy atom. The van der Waals surface area contributed by atoms with Crippen LogP contribution in [0.2, 0.25) is 5.02 Å². The second-order valence-corrected chi connectivity index (χ2v) is 8.79. The molecule has 0 aromatic heterocycles. The predicted octanol–water partition coefficient (Wildman–Crippen LogP) is 3.35. The quantitative estimate of drug-likeness (QED) is 0.545. The highest BCUT2D eigenvalue weighted by atomic mass is 35.5. The molecule has 0 aliphatic heterocycles. The van der Waals surface area contributed by atoms with E-state index in [1.54, 1.807) is 13.0 Å². The van der Waals surface area contributed by atoms with Crippen LogP contribution < -0.4 is 10.6 Å². The van der Waals surface area contributed by atoms with Crippen LogP contribution in [0.15, 0.2) is 52.4 Å². The van der Waals surface area contributed by atoms with E-state index in [9.17, 15) is 8.42 Å². The lowest BCUT2D eigenvalue weighted by Gasteiger charge is -2.12. The third-order valence-electron chi connectivity index (χ3n) is 4.02. The van der Waals surface area contributed by atoms with Crippen molar-refractivity contribution in [2.24, 2.45) is 4.99 Å². The topological polar surface area (TPSA) is 70.6 Å². The number of nitrogens with zero attached hydrogens (tertiary/aromatic N) is 1. The number of guanidine groups is 1. The zero-order valence-electron chi connectivity index (χ0n) is 15.9. The van der Waals surface area contributed by atoms with Crippen molar-refractivity contribution in [3.63, 3.8) is 0 Å². The fourth-order valence-corrected chi connectivity index (χ4v) is 3.80. The molecule has 0 bridgehead atoms. The standard InChI is InChI=1S/C20H26ClN3O2S/c1-4-22-20(23-12-11-16-5-8-18(21)9-6-16)24-14-17-7-10-19(15(2)13-17)27(3,25)26/h5-10,13H,4,11-12,14H2,1-3H3,(H2,22,23,24). The maximum absolute atomic E-state index is 11.7. The maximum atomic E-state index is 11.7. The zero-order valence-corrected chi connectivity index (χ0v) is 17.5. The molecule has 0 unspecified atom stereocenters. The van der Waals surface area contributed by atoms with E-state index in [1.807, 2.05) is 43.3 Å². The van der Waals surface area contributed by atoms with Crippen LogP contribution in [0, 0.1) is 6.92 Å². The first-order chi connectivity index (χ1) is 12.8. The van der Waals surface area contributed by atoms with Gasteiger partial charge in [-0.25, -0.2) is 13.4 Å². The average Bonchev–Trinajstić information content (AvgIpc) is 2.60. The van der Waals surface area contributed by atoms with Crippen molar-refractivity contribution in [2.45, 2.75) is 31.7 Å². The number of aliphatic imine (C=N–C) groups is 1. The van der Waals surface area contributed by atoms with E-state index in [-0.39, 0.29) is 0 Å². The molecule has 0 amide bonds. The summed E-state index contributed by atoms with van der Waals surface area (Å²) in [6, 6.07) is 13.1. The van der Waals surface area contributed by atoms with E-state index in [1.165, 1.54) is 11.8 Å². The Morgan fingerprint density at radius 3 is 2.33 bits per heavy atom. The van der Waals surface area contributed by atoms with Crippen molar-refractivity contribution in [1.29, 1.82) is 0 Å². The normalized spacial score (nSPS) is 12.1. The van der Waals surface area contributed by atoms with Crippen LogP contribution in [0.5, 0.6) is 0 Å². The molecule has 0 heterocycles. The second-order valence-electron chi connectivity index (χ2n) is 6.37. The first-order valence-corrected chi connectivity index (χ1v) is 11.1. The fourth-order valence-electron chi connectivity index (χ4n) is 2.71. The molecule has 27 heavy (non-hydrogen) atoms. The van der Waals surface area contributed by atoms with Gasteiger partial charge >= 0.3 is 0 Å². The van der Waals surface area contributed by atoms with Gasteiger partial charge in [0, 0.05) is 24.4 Å². The van der Waals surface area contributed by atoms with Gasteiger partial charge in [0.2, 0.25) is 0 Å². The van der Waals surface area contributed by atoms with E-state index in [4.69, 9.17) is 11.6 Å². The molecular formula is C20H26ClN3O2S. The molecule has 5 nitrogen and oxygen atoms in total. The van der Waals surface area contributed by atoms with Gasteiger partial charge in [-0.2, -0.15) is 0 Å². The van der Waals surface area contributed by atoms with Crippen LogP contribution in [0.3, 0.4) is 0 Å². The lowest BCUT2D eigenvalue weighted by atomic mass is 10.1. The summed E-state index contributed by atoms with van der Waals surface area (Å²) < 4.78 is 23.4. The molecule has 2 N–H and O–H groups in total. The Bertz CT molecular complexity index is 894. The van der Waals surface area contributed by atoms with Crippen molar-refractivity contribution in [3.8, 4) is 0 Å². The van der Waals surface area contributed by atoms with Gasteiger partial charge in [-0.3, -0.25) is 0 Å². The largest absolute Gasteiger partial charge is 0.357 e. The van der Waals surface area contributed by atoms with Gasteiger partial charge in [-0.05, 0) is 55.2 Å². The summed E-state index contributed by atoms with van der Waals surface area (Å²) in [5.74, 6) is 0.733. The average molecular weight is 408 g/mol. The summed E-state index contributed by atoms with van der Waals surface area (Å²) in [6.45, 7) is 5.81. The minimum Gasteiger partial charge on any atom is -0.357 e. The number of benzene rings is 2. The molecule has 0 aliphatic rings. The summed E-state index contributed by atoms with van der Waals surface area (Å²) in [4.78, 5) is 4.95. The summed E-state index contributed by atoms with van der Waals surface area (Å²) in [7, 11) is -3.20. The first kappa shape index (κ1) is 21.3. The van der Waals surface area contributed by atoms with Crippen LogP contribution >= 0.6 is 11.6 Å². The number of hydrogen-bond donors (Lipinski definition) is 2. The van der Waals surface area contributed by atoms with Gasteiger partial charge in [-0.15, -0.1) is 0 Å². The summed E-state index contributed by atoms with van der Waals surface area (Å²) in [5.41, 5.74) is 2.91. The van der Waals surface area contributed by atoms with Gasteiger partial charge in [-0.1, -0.05) is 35.9 Å². The predicted molar refractivity (Wildman–Crippen MR) is 112 cm³/mol. The van der Waals surface area contributed by atoms with Crippen LogP contribution in [0.25, 0.3) is 0 Å². The molecule has 146 valence electrons. The first-order valence-electron chi connectivity index (χ1n) is 8.86. The van der Waals surface area contributed by atoms with Crippen molar-refractivity contribution in [2.75, 3.05) is 19.3 Å². The Morgan fingerprint density at radius 2 is 1.74 bits per heavy atom. The minimum atomic E-state index is -3.20. The molecule has 0 radical (unpaired) electrons. The molecule has 0 spiro atoms. The third-order valence-corrected chi connectivity index (χ3v) is 5.53. The Kier molecular flexibility index (Phi) is 7.68. The molecule has 7 heteroatoms. The fraction of sp³-hybridized carbons (Fsp3) is 0.350. The number of aryl methyl sites for hydroxylation is 1. The second kappa shape index (κ2) is 9.76. The van der Waals surface area contributed by atoms with E-state index in [0.717, 1.165) is 41.6 Å². The van der Waals surface area contributed by atoms with E-state index >= 15 is 0 Å². The molecular weight excluding hydrogens is 382 g/mol. The van der Waals surface area contributed by atoms with Gasteiger partial charge in [0.15, 0.2) is 15.8 Å². The van der Waals surface area contributed by atoms with E-state index in [0.29, 0.717) is 11.4 Å². The SMILES string of the molecule is CCNC(=NCc1ccc(S(C)(=O)=O)c(C)c1)NCCc1ccc(Cl)cc1. The summed E-state index contributed by atoms with van der Waals surface area (Å²) >= 11 is 5.90. The van der Waals surface area contributed by atoms with Crippen molar-refractivity contribution >= 4 is 27.4 Å². The summed E-state index contributed by atoms with van der Waals surface area (Å²) in [5, 5.41) is 7.27. The van der Waals surface area contributed by atoms with Gasteiger partial charge in [0.1, 0.15) is 0 Å². The third kappa shape index (κ3) is 6.88. The lowest BCUT2D eigenvalue weighted by molar-refractivity contribution is 0.601. The van der Waals surface area contributed by atoms with Gasteiger partial charge in [0.05, 0.1) is 11.4 Å². The molecule has 0 saturated carbocycles. The van der Waals surface area contributed by atoms with Gasteiger partial charge in [0.25, 0.3) is 0 Å². The van der Waals surface area contributed by atoms with Gasteiger partial charge < -0.3 is 10.6 Å².